The van der Waals surface area contributed by atoms with E-state index in [4.69, 9.17) is 4.74 Å². The van der Waals surface area contributed by atoms with Crippen LogP contribution in [0.25, 0.3) is 0 Å². The van der Waals surface area contributed by atoms with Crippen molar-refractivity contribution in [1.82, 2.24) is 5.32 Å². The van der Waals surface area contributed by atoms with Gasteiger partial charge in [0.25, 0.3) is 10.0 Å². The van der Waals surface area contributed by atoms with Gasteiger partial charge in [-0.1, -0.05) is 17.7 Å². The molecule has 0 bridgehead atoms. The highest BCUT2D eigenvalue weighted by Crippen LogP contribution is 2.19. The topological polar surface area (TPSA) is 119 Å². The van der Waals surface area contributed by atoms with Crippen LogP contribution in [0, 0.1) is 6.92 Å². The van der Waals surface area contributed by atoms with Gasteiger partial charge in [0.1, 0.15) is 0 Å². The Morgan fingerprint density at radius 2 is 1.61 bits per heavy atom. The molecule has 10 heteroatoms. The number of hydrogen-bond donors (Lipinski definition) is 2. The first-order valence-electron chi connectivity index (χ1n) is 9.87. The highest BCUT2D eigenvalue weighted by molar-refractivity contribution is 7.92. The standard InChI is InChI=1S/C23H22N2O6S2/c1-15-3-7-18(8-4-15)25-33(29,30)20-10-5-17(6-11-20)23(28)31-14-21(27)22-12-9-19(32-22)13-24-16(2)26/h3-12,25H,13-14H2,1-2H3,(H,24,26). The normalized spacial score (nSPS) is 11.0. The highest BCUT2D eigenvalue weighted by atomic mass is 32.2. The number of Topliss-reactive ketones (excluding diaryl/α,β-unsaturated/α-hetero) is 1. The molecule has 2 aromatic carbocycles. The van der Waals surface area contributed by atoms with Gasteiger partial charge in [0.05, 0.1) is 21.9 Å². The fourth-order valence-corrected chi connectivity index (χ4v) is 4.66. The number of anilines is 1. The highest BCUT2D eigenvalue weighted by Gasteiger charge is 2.17. The molecule has 1 aromatic heterocycles. The Morgan fingerprint density at radius 1 is 0.939 bits per heavy atom. The van der Waals surface area contributed by atoms with Crippen molar-refractivity contribution in [3.8, 4) is 0 Å². The fourth-order valence-electron chi connectivity index (χ4n) is 2.73. The van der Waals surface area contributed by atoms with Gasteiger partial charge in [-0.15, -0.1) is 11.3 Å². The van der Waals surface area contributed by atoms with Gasteiger partial charge in [-0.05, 0) is 55.5 Å². The Kier molecular flexibility index (Phi) is 7.62. The summed E-state index contributed by atoms with van der Waals surface area (Å²) in [7, 11) is -3.82. The summed E-state index contributed by atoms with van der Waals surface area (Å²) in [5.74, 6) is -1.28. The van der Waals surface area contributed by atoms with E-state index in [2.05, 4.69) is 10.0 Å². The molecule has 0 atom stereocenters. The first-order valence-corrected chi connectivity index (χ1v) is 12.2. The van der Waals surface area contributed by atoms with Crippen LogP contribution in [0.15, 0.2) is 65.6 Å². The zero-order chi connectivity index (χ0) is 24.0. The number of sulfonamides is 1. The van der Waals surface area contributed by atoms with E-state index in [0.717, 1.165) is 10.4 Å². The summed E-state index contributed by atoms with van der Waals surface area (Å²) in [6.45, 7) is 3.17. The second-order valence-electron chi connectivity index (χ2n) is 7.17. The average molecular weight is 487 g/mol. The Bertz CT molecular complexity index is 1260. The lowest BCUT2D eigenvalue weighted by Gasteiger charge is -2.09. The molecule has 3 rings (SSSR count). The Morgan fingerprint density at radius 3 is 2.24 bits per heavy atom. The van der Waals surface area contributed by atoms with E-state index in [-0.39, 0.29) is 22.1 Å². The van der Waals surface area contributed by atoms with Crippen molar-refractivity contribution in [2.75, 3.05) is 11.3 Å². The molecule has 0 unspecified atom stereocenters. The number of esters is 1. The van der Waals surface area contributed by atoms with Crippen molar-refractivity contribution >= 4 is 44.7 Å². The summed E-state index contributed by atoms with van der Waals surface area (Å²) >= 11 is 1.21. The van der Waals surface area contributed by atoms with Crippen LogP contribution < -0.4 is 10.0 Å². The predicted octanol–water partition coefficient (Wildman–Crippen LogP) is 3.53. The van der Waals surface area contributed by atoms with Crippen LogP contribution in [0.5, 0.6) is 0 Å². The largest absolute Gasteiger partial charge is 0.454 e. The molecule has 33 heavy (non-hydrogen) atoms. The van der Waals surface area contributed by atoms with Crippen LogP contribution in [0.1, 0.15) is 37.4 Å². The van der Waals surface area contributed by atoms with Crippen LogP contribution >= 0.6 is 11.3 Å². The van der Waals surface area contributed by atoms with Crippen molar-refractivity contribution in [2.24, 2.45) is 0 Å². The molecule has 3 aromatic rings. The number of hydrogen-bond acceptors (Lipinski definition) is 7. The van der Waals surface area contributed by atoms with Crippen LogP contribution in [-0.4, -0.2) is 32.7 Å². The van der Waals surface area contributed by atoms with Gasteiger partial charge in [-0.2, -0.15) is 0 Å². The van der Waals surface area contributed by atoms with E-state index in [0.29, 0.717) is 17.1 Å². The van der Waals surface area contributed by atoms with Crippen molar-refractivity contribution < 1.29 is 27.5 Å². The number of carbonyl (C=O) groups excluding carboxylic acids is 3. The lowest BCUT2D eigenvalue weighted by molar-refractivity contribution is -0.119. The van der Waals surface area contributed by atoms with Gasteiger partial charge in [-0.25, -0.2) is 13.2 Å². The minimum atomic E-state index is -3.82. The number of ether oxygens (including phenoxy) is 1. The molecular weight excluding hydrogens is 464 g/mol. The zero-order valence-electron chi connectivity index (χ0n) is 18.0. The summed E-state index contributed by atoms with van der Waals surface area (Å²) in [4.78, 5) is 36.7. The summed E-state index contributed by atoms with van der Waals surface area (Å²) in [5.41, 5.74) is 1.55. The van der Waals surface area contributed by atoms with E-state index in [1.165, 1.54) is 42.5 Å². The lowest BCUT2D eigenvalue weighted by atomic mass is 10.2. The Balaban J connectivity index is 1.57. The van der Waals surface area contributed by atoms with E-state index in [9.17, 15) is 22.8 Å². The quantitative estimate of drug-likeness (QED) is 0.353. The fraction of sp³-hybridized carbons (Fsp3) is 0.174. The Hall–Kier alpha value is -3.50. The first-order chi connectivity index (χ1) is 15.6. The number of carbonyl (C=O) groups is 3. The van der Waals surface area contributed by atoms with Crippen molar-refractivity contribution in [2.45, 2.75) is 25.3 Å². The second-order valence-corrected chi connectivity index (χ2v) is 10.0. The van der Waals surface area contributed by atoms with Gasteiger partial charge in [0.2, 0.25) is 11.7 Å². The minimum Gasteiger partial charge on any atom is -0.454 e. The predicted molar refractivity (Wildman–Crippen MR) is 125 cm³/mol. The van der Waals surface area contributed by atoms with Crippen LogP contribution in [0.2, 0.25) is 0 Å². The molecule has 0 aliphatic carbocycles. The van der Waals surface area contributed by atoms with E-state index in [1.807, 2.05) is 6.92 Å². The van der Waals surface area contributed by atoms with E-state index < -0.39 is 22.6 Å². The molecule has 0 radical (unpaired) electrons. The maximum absolute atomic E-state index is 12.5. The molecule has 1 heterocycles. The number of benzene rings is 2. The van der Waals surface area contributed by atoms with Crippen LogP contribution in [0.3, 0.4) is 0 Å². The van der Waals surface area contributed by atoms with Gasteiger partial charge >= 0.3 is 5.97 Å². The first kappa shape index (κ1) is 24.1. The average Bonchev–Trinajstić information content (AvgIpc) is 3.26. The molecule has 0 spiro atoms. The summed E-state index contributed by atoms with van der Waals surface area (Å²) in [5, 5.41) is 2.64. The smallest absolute Gasteiger partial charge is 0.338 e. The molecule has 2 N–H and O–H groups in total. The SMILES string of the molecule is CC(=O)NCc1ccc(C(=O)COC(=O)c2ccc(S(=O)(=O)Nc3ccc(C)cc3)cc2)s1. The molecule has 0 fully saturated rings. The number of thiophene rings is 1. The number of aryl methyl sites for hydroxylation is 1. The molecule has 0 saturated carbocycles. The minimum absolute atomic E-state index is 0.0130. The maximum Gasteiger partial charge on any atom is 0.338 e. The van der Waals surface area contributed by atoms with Crippen LogP contribution in [-0.2, 0) is 26.1 Å². The monoisotopic (exact) mass is 486 g/mol. The lowest BCUT2D eigenvalue weighted by Crippen LogP contribution is -2.18. The molecular formula is C23H22N2O6S2. The van der Waals surface area contributed by atoms with Crippen LogP contribution in [0.4, 0.5) is 5.69 Å². The van der Waals surface area contributed by atoms with Crippen molar-refractivity contribution in [1.29, 1.82) is 0 Å². The van der Waals surface area contributed by atoms with E-state index in [1.54, 1.807) is 36.4 Å². The molecule has 1 amide bonds. The molecule has 172 valence electrons. The number of nitrogens with one attached hydrogen (secondary N) is 2. The molecule has 0 aliphatic heterocycles. The summed E-state index contributed by atoms with van der Waals surface area (Å²) < 4.78 is 32.6. The zero-order valence-corrected chi connectivity index (χ0v) is 19.6. The third kappa shape index (κ3) is 6.74. The third-order valence-electron chi connectivity index (χ3n) is 4.49. The molecule has 8 nitrogen and oxygen atoms in total. The third-order valence-corrected chi connectivity index (χ3v) is 7.01. The van der Waals surface area contributed by atoms with Gasteiger partial charge in [0, 0.05) is 17.5 Å². The summed E-state index contributed by atoms with van der Waals surface area (Å²) in [6, 6.07) is 15.5. The number of rotatable bonds is 9. The maximum atomic E-state index is 12.5. The van der Waals surface area contributed by atoms with E-state index >= 15 is 0 Å². The van der Waals surface area contributed by atoms with Gasteiger partial charge in [0.15, 0.2) is 6.61 Å². The number of amides is 1. The van der Waals surface area contributed by atoms with Crippen molar-refractivity contribution in [3.05, 3.63) is 81.5 Å². The van der Waals surface area contributed by atoms with Gasteiger partial charge < -0.3 is 10.1 Å². The Labute approximate surface area is 195 Å². The second kappa shape index (κ2) is 10.4. The van der Waals surface area contributed by atoms with Gasteiger partial charge in [-0.3, -0.25) is 14.3 Å². The molecule has 0 saturated heterocycles. The number of ketones is 1. The van der Waals surface area contributed by atoms with Crippen molar-refractivity contribution in [3.63, 3.8) is 0 Å². The summed E-state index contributed by atoms with van der Waals surface area (Å²) in [6.07, 6.45) is 0. The molecule has 0 aliphatic rings.